The van der Waals surface area contributed by atoms with Crippen LogP contribution in [0.4, 0.5) is 0 Å². The van der Waals surface area contributed by atoms with E-state index in [-0.39, 0.29) is 0 Å². The second-order valence-corrected chi connectivity index (χ2v) is 9.36. The summed E-state index contributed by atoms with van der Waals surface area (Å²) in [6, 6.07) is 13.5. The van der Waals surface area contributed by atoms with Gasteiger partial charge in [-0.2, -0.15) is 0 Å². The molecule has 31 heavy (non-hydrogen) atoms. The molecule has 0 bridgehead atoms. The summed E-state index contributed by atoms with van der Waals surface area (Å²) >= 11 is 0. The second kappa shape index (κ2) is 12.1. The van der Waals surface area contributed by atoms with E-state index >= 15 is 0 Å². The zero-order chi connectivity index (χ0) is 23.0. The van der Waals surface area contributed by atoms with Crippen molar-refractivity contribution >= 4 is 11.1 Å². The number of rotatable bonds is 11. The van der Waals surface area contributed by atoms with Gasteiger partial charge < -0.3 is 0 Å². The monoisotopic (exact) mass is 416 g/mol. The molecule has 0 radical (unpaired) electrons. The molecule has 0 heteroatoms. The van der Waals surface area contributed by atoms with Crippen molar-refractivity contribution in [1.82, 2.24) is 0 Å². The first kappa shape index (κ1) is 25.2. The van der Waals surface area contributed by atoms with Gasteiger partial charge in [-0.05, 0) is 97.4 Å². The second-order valence-electron chi connectivity index (χ2n) is 9.36. The fourth-order valence-electron chi connectivity index (χ4n) is 4.97. The lowest BCUT2D eigenvalue weighted by atomic mass is 9.84. The molecule has 0 N–H and O–H groups in total. The van der Waals surface area contributed by atoms with E-state index in [2.05, 4.69) is 91.4 Å². The number of hydrogen-bond acceptors (Lipinski definition) is 0. The van der Waals surface area contributed by atoms with Crippen molar-refractivity contribution in [1.29, 1.82) is 0 Å². The molecule has 0 aromatic heterocycles. The van der Waals surface area contributed by atoms with Crippen LogP contribution in [0.2, 0.25) is 0 Å². The predicted molar refractivity (Wildman–Crippen MR) is 141 cm³/mol. The molecule has 0 aliphatic carbocycles. The Kier molecular flexibility index (Phi) is 9.82. The first-order valence-corrected chi connectivity index (χ1v) is 12.4. The first-order valence-electron chi connectivity index (χ1n) is 12.4. The molecule has 0 amide bonds. The van der Waals surface area contributed by atoms with E-state index in [0.717, 1.165) is 24.3 Å². The maximum absolute atomic E-state index is 4.61. The molecule has 0 aliphatic rings. The van der Waals surface area contributed by atoms with E-state index in [1.165, 1.54) is 76.6 Å². The summed E-state index contributed by atoms with van der Waals surface area (Å²) in [5.74, 6) is 0.878. The van der Waals surface area contributed by atoms with Crippen LogP contribution in [-0.4, -0.2) is 0 Å². The molecule has 0 spiro atoms. The van der Waals surface area contributed by atoms with E-state index in [1.807, 2.05) is 0 Å². The van der Waals surface area contributed by atoms with Gasteiger partial charge in [-0.15, -0.1) is 0 Å². The average Bonchev–Trinajstić information content (AvgIpc) is 2.74. The van der Waals surface area contributed by atoms with E-state index in [1.54, 1.807) is 0 Å². The van der Waals surface area contributed by atoms with Crippen LogP contribution in [0.5, 0.6) is 0 Å². The minimum absolute atomic E-state index is 0.878. The van der Waals surface area contributed by atoms with Gasteiger partial charge in [-0.25, -0.2) is 0 Å². The van der Waals surface area contributed by atoms with Crippen molar-refractivity contribution in [2.24, 2.45) is 5.92 Å². The van der Waals surface area contributed by atoms with Crippen LogP contribution in [0.15, 0.2) is 48.6 Å². The van der Waals surface area contributed by atoms with Gasteiger partial charge in [0, 0.05) is 0 Å². The van der Waals surface area contributed by atoms with E-state index in [0.29, 0.717) is 0 Å². The Morgan fingerprint density at radius 1 is 0.903 bits per heavy atom. The molecule has 0 saturated heterocycles. The maximum Gasteiger partial charge on any atom is -0.0119 e. The summed E-state index contributed by atoms with van der Waals surface area (Å²) < 4.78 is 0. The third kappa shape index (κ3) is 6.45. The number of hydrogen-bond donors (Lipinski definition) is 0. The Morgan fingerprint density at radius 3 is 2.06 bits per heavy atom. The number of aryl methyl sites for hydroxylation is 3. The SMILES string of the molecule is C=C(/C(=C(/C)CCC)c1ccccc1C)c1cc(C)c(CCCC(CC)CC)c(C)c1. The average molecular weight is 417 g/mol. The van der Waals surface area contributed by atoms with Crippen molar-refractivity contribution in [3.63, 3.8) is 0 Å². The number of allylic oxidation sites excluding steroid dienone is 3. The molecule has 0 fully saturated rings. The molecule has 0 nitrogen and oxygen atoms in total. The Labute approximate surface area is 192 Å². The van der Waals surface area contributed by atoms with E-state index < -0.39 is 0 Å². The van der Waals surface area contributed by atoms with Crippen molar-refractivity contribution in [3.05, 3.63) is 81.9 Å². The third-order valence-corrected chi connectivity index (χ3v) is 7.01. The lowest BCUT2D eigenvalue weighted by Gasteiger charge is -2.20. The van der Waals surface area contributed by atoms with Crippen molar-refractivity contribution in [2.45, 2.75) is 93.4 Å². The Balaban J connectivity index is 2.37. The Bertz CT molecular complexity index is 882. The van der Waals surface area contributed by atoms with Crippen molar-refractivity contribution in [2.75, 3.05) is 0 Å². The molecule has 0 aliphatic heterocycles. The summed E-state index contributed by atoms with van der Waals surface area (Å²) in [4.78, 5) is 0. The highest BCUT2D eigenvalue weighted by molar-refractivity contribution is 6.05. The fraction of sp³-hybridized carbons (Fsp3) is 0.484. The summed E-state index contributed by atoms with van der Waals surface area (Å²) in [6.07, 6.45) is 8.69. The third-order valence-electron chi connectivity index (χ3n) is 7.01. The van der Waals surface area contributed by atoms with Crippen LogP contribution >= 0.6 is 0 Å². The topological polar surface area (TPSA) is 0 Å². The highest BCUT2D eigenvalue weighted by Gasteiger charge is 2.16. The summed E-state index contributed by atoms with van der Waals surface area (Å²) in [5.41, 5.74) is 12.2. The zero-order valence-electron chi connectivity index (χ0n) is 21.2. The van der Waals surface area contributed by atoms with Gasteiger partial charge in [-0.3, -0.25) is 0 Å². The molecular formula is C31H44. The largest absolute Gasteiger partial charge is 0.0905 e. The van der Waals surface area contributed by atoms with Gasteiger partial charge in [0.25, 0.3) is 0 Å². The molecule has 168 valence electrons. The lowest BCUT2D eigenvalue weighted by molar-refractivity contribution is 0.441. The lowest BCUT2D eigenvalue weighted by Crippen LogP contribution is -2.02. The van der Waals surface area contributed by atoms with Gasteiger partial charge in [-0.1, -0.05) is 95.0 Å². The predicted octanol–water partition coefficient (Wildman–Crippen LogP) is 9.66. The highest BCUT2D eigenvalue weighted by Crippen LogP contribution is 2.37. The van der Waals surface area contributed by atoms with E-state index in [4.69, 9.17) is 0 Å². The quantitative estimate of drug-likeness (QED) is 0.320. The molecule has 0 atom stereocenters. The van der Waals surface area contributed by atoms with E-state index in [9.17, 15) is 0 Å². The summed E-state index contributed by atoms with van der Waals surface area (Å²) in [6.45, 7) is 20.6. The Hall–Kier alpha value is -2.08. The zero-order valence-corrected chi connectivity index (χ0v) is 21.2. The minimum Gasteiger partial charge on any atom is -0.0905 e. The minimum atomic E-state index is 0.878. The molecule has 0 heterocycles. The van der Waals surface area contributed by atoms with Crippen molar-refractivity contribution in [3.8, 4) is 0 Å². The van der Waals surface area contributed by atoms with Gasteiger partial charge in [0.1, 0.15) is 0 Å². The van der Waals surface area contributed by atoms with Gasteiger partial charge >= 0.3 is 0 Å². The standard InChI is InChI=1S/C31H44/c1-9-15-23(5)31(30-18-13-12-16-22(30)4)26(8)28-20-24(6)29(25(7)21-28)19-14-17-27(10-2)11-3/h12-13,16,18,20-21,27H,8-11,14-15,17,19H2,1-7H3/b31-23+. The number of benzene rings is 2. The Morgan fingerprint density at radius 2 is 1.52 bits per heavy atom. The smallest absolute Gasteiger partial charge is 0.0119 e. The van der Waals surface area contributed by atoms with Crippen LogP contribution < -0.4 is 0 Å². The first-order chi connectivity index (χ1) is 14.8. The van der Waals surface area contributed by atoms with Crippen LogP contribution in [0.3, 0.4) is 0 Å². The maximum atomic E-state index is 4.61. The van der Waals surface area contributed by atoms with Crippen LogP contribution in [0.25, 0.3) is 11.1 Å². The van der Waals surface area contributed by atoms with Crippen LogP contribution in [0.1, 0.15) is 99.6 Å². The highest BCUT2D eigenvalue weighted by atomic mass is 14.2. The normalized spacial score (nSPS) is 12.3. The molecular weight excluding hydrogens is 372 g/mol. The summed E-state index contributed by atoms with van der Waals surface area (Å²) in [7, 11) is 0. The molecule has 0 unspecified atom stereocenters. The van der Waals surface area contributed by atoms with Crippen molar-refractivity contribution < 1.29 is 0 Å². The molecule has 2 aromatic rings. The fourth-order valence-corrected chi connectivity index (χ4v) is 4.97. The van der Waals surface area contributed by atoms with Crippen LogP contribution in [0, 0.1) is 26.7 Å². The summed E-state index contributed by atoms with van der Waals surface area (Å²) in [5, 5.41) is 0. The van der Waals surface area contributed by atoms with Gasteiger partial charge in [0.15, 0.2) is 0 Å². The van der Waals surface area contributed by atoms with Gasteiger partial charge in [0.05, 0.1) is 0 Å². The molecule has 2 rings (SSSR count). The van der Waals surface area contributed by atoms with Crippen LogP contribution in [-0.2, 0) is 6.42 Å². The van der Waals surface area contributed by atoms with Gasteiger partial charge in [0.2, 0.25) is 0 Å². The molecule has 0 saturated carbocycles. The molecule has 2 aromatic carbocycles.